The molecule has 0 atom stereocenters. The van der Waals surface area contributed by atoms with Crippen molar-refractivity contribution in [2.45, 2.75) is 13.8 Å². The van der Waals surface area contributed by atoms with Crippen molar-refractivity contribution in [2.75, 3.05) is 20.1 Å². The summed E-state index contributed by atoms with van der Waals surface area (Å²) >= 11 is 0. The number of nitrogens with two attached hydrogens (primary N) is 1. The number of para-hydroxylation sites is 1. The topological polar surface area (TPSA) is 77.0 Å². The Morgan fingerprint density at radius 3 is 2.41 bits per heavy atom. The third-order valence-electron chi connectivity index (χ3n) is 4.46. The van der Waals surface area contributed by atoms with Gasteiger partial charge in [-0.05, 0) is 36.2 Å². The van der Waals surface area contributed by atoms with E-state index in [9.17, 15) is 4.79 Å². The first kappa shape index (κ1) is 24.6. The number of aromatic nitrogens is 3. The fourth-order valence-electron chi connectivity index (χ4n) is 2.94. The fourth-order valence-corrected chi connectivity index (χ4v) is 2.94. The van der Waals surface area contributed by atoms with E-state index in [1.807, 2.05) is 56.3 Å². The van der Waals surface area contributed by atoms with Gasteiger partial charge in [0, 0.05) is 37.7 Å². The van der Waals surface area contributed by atoms with E-state index in [4.69, 9.17) is 5.73 Å². The number of rotatable bonds is 6. The monoisotopic (exact) mass is 435 g/mol. The Bertz CT molecular complexity index is 913. The lowest BCUT2D eigenvalue weighted by Crippen LogP contribution is -2.39. The van der Waals surface area contributed by atoms with Crippen LogP contribution in [0.25, 0.3) is 16.9 Å². The van der Waals surface area contributed by atoms with Crippen LogP contribution in [-0.4, -0.2) is 45.7 Å². The predicted octanol–water partition coefficient (Wildman–Crippen LogP) is 3.83. The summed E-state index contributed by atoms with van der Waals surface area (Å²) in [5.74, 6) is -0.0856. The lowest BCUT2D eigenvalue weighted by molar-refractivity contribution is 0.0741. The van der Waals surface area contributed by atoms with Gasteiger partial charge in [-0.3, -0.25) is 9.78 Å². The highest BCUT2D eigenvalue weighted by Crippen LogP contribution is 2.25. The van der Waals surface area contributed by atoms with Gasteiger partial charge in [0.05, 0.1) is 11.3 Å². The molecule has 0 aliphatic rings. The van der Waals surface area contributed by atoms with Crippen LogP contribution in [0.1, 0.15) is 24.2 Å². The van der Waals surface area contributed by atoms with E-state index in [-0.39, 0.29) is 36.1 Å². The summed E-state index contributed by atoms with van der Waals surface area (Å²) in [5.41, 5.74) is 8.54. The zero-order valence-corrected chi connectivity index (χ0v) is 18.4. The van der Waals surface area contributed by atoms with Crippen LogP contribution in [0.15, 0.2) is 61.1 Å². The maximum atomic E-state index is 13.2. The van der Waals surface area contributed by atoms with Crippen molar-refractivity contribution in [1.82, 2.24) is 19.7 Å². The highest BCUT2D eigenvalue weighted by atomic mass is 35.5. The van der Waals surface area contributed by atoms with Crippen molar-refractivity contribution >= 4 is 30.7 Å². The van der Waals surface area contributed by atoms with Crippen molar-refractivity contribution < 1.29 is 4.79 Å². The number of hydrogen-bond acceptors (Lipinski definition) is 4. The highest BCUT2D eigenvalue weighted by molar-refractivity contribution is 5.99. The first-order valence-corrected chi connectivity index (χ1v) is 8.92. The van der Waals surface area contributed by atoms with Crippen molar-refractivity contribution in [3.05, 3.63) is 66.6 Å². The molecule has 0 radical (unpaired) electrons. The lowest BCUT2D eigenvalue weighted by atomic mass is 9.93. The standard InChI is InChI=1S/C21H25N5O.2ClH/c1-21(2,14-22)15-25(3)20(27)18-13-26(17-9-5-4-6-10-17)24-19(18)16-8-7-11-23-12-16;;/h4-13H,14-15,22H2,1-3H3;2*1H. The van der Waals surface area contributed by atoms with Crippen LogP contribution in [0.4, 0.5) is 0 Å². The summed E-state index contributed by atoms with van der Waals surface area (Å²) in [5, 5.41) is 4.68. The second-order valence-corrected chi connectivity index (χ2v) is 7.44. The smallest absolute Gasteiger partial charge is 0.257 e. The average Bonchev–Trinajstić information content (AvgIpc) is 3.14. The summed E-state index contributed by atoms with van der Waals surface area (Å²) in [7, 11) is 1.80. The van der Waals surface area contributed by atoms with Crippen molar-refractivity contribution in [3.8, 4) is 16.9 Å². The molecule has 0 spiro atoms. The second kappa shape index (κ2) is 10.4. The molecule has 0 fully saturated rings. The van der Waals surface area contributed by atoms with Crippen LogP contribution in [0.5, 0.6) is 0 Å². The summed E-state index contributed by atoms with van der Waals surface area (Å²) in [4.78, 5) is 19.1. The molecule has 0 saturated carbocycles. The number of amides is 1. The van der Waals surface area contributed by atoms with Gasteiger partial charge < -0.3 is 10.6 Å². The van der Waals surface area contributed by atoms with Gasteiger partial charge in [0.25, 0.3) is 5.91 Å². The zero-order valence-electron chi connectivity index (χ0n) is 16.8. The third-order valence-corrected chi connectivity index (χ3v) is 4.46. The van der Waals surface area contributed by atoms with Gasteiger partial charge in [0.15, 0.2) is 0 Å². The Kier molecular flexibility index (Phi) is 8.82. The molecule has 1 aromatic carbocycles. The maximum absolute atomic E-state index is 13.2. The maximum Gasteiger partial charge on any atom is 0.257 e. The molecule has 8 heteroatoms. The largest absolute Gasteiger partial charge is 0.341 e. The Labute approximate surface area is 183 Å². The van der Waals surface area contributed by atoms with Gasteiger partial charge in [-0.2, -0.15) is 5.10 Å². The first-order valence-electron chi connectivity index (χ1n) is 8.92. The molecular formula is C21H27Cl2N5O. The third kappa shape index (κ3) is 5.79. The number of nitrogens with zero attached hydrogens (tertiary/aromatic N) is 4. The molecule has 0 aliphatic heterocycles. The van der Waals surface area contributed by atoms with Gasteiger partial charge in [-0.25, -0.2) is 4.68 Å². The minimum atomic E-state index is -0.158. The van der Waals surface area contributed by atoms with Crippen molar-refractivity contribution in [3.63, 3.8) is 0 Å². The van der Waals surface area contributed by atoms with E-state index in [2.05, 4.69) is 10.1 Å². The normalized spacial score (nSPS) is 10.6. The van der Waals surface area contributed by atoms with Gasteiger partial charge in [-0.15, -0.1) is 24.8 Å². The molecule has 2 aromatic heterocycles. The van der Waals surface area contributed by atoms with Crippen LogP contribution < -0.4 is 5.73 Å². The molecular weight excluding hydrogens is 409 g/mol. The zero-order chi connectivity index (χ0) is 19.4. The van der Waals surface area contributed by atoms with E-state index >= 15 is 0 Å². The van der Waals surface area contributed by atoms with Crippen LogP contribution in [0, 0.1) is 5.41 Å². The van der Waals surface area contributed by atoms with Gasteiger partial charge in [0.1, 0.15) is 5.69 Å². The van der Waals surface area contributed by atoms with E-state index in [0.717, 1.165) is 11.3 Å². The number of carbonyl (C=O) groups is 1. The molecule has 6 nitrogen and oxygen atoms in total. The van der Waals surface area contributed by atoms with E-state index in [1.165, 1.54) is 0 Å². The molecule has 1 amide bonds. The summed E-state index contributed by atoms with van der Waals surface area (Å²) < 4.78 is 1.73. The van der Waals surface area contributed by atoms with Gasteiger partial charge in [0.2, 0.25) is 0 Å². The number of carbonyl (C=O) groups excluding carboxylic acids is 1. The van der Waals surface area contributed by atoms with E-state index in [1.54, 1.807) is 35.2 Å². The molecule has 3 rings (SSSR count). The highest BCUT2D eigenvalue weighted by Gasteiger charge is 2.26. The number of benzene rings is 1. The predicted molar refractivity (Wildman–Crippen MR) is 121 cm³/mol. The summed E-state index contributed by atoms with van der Waals surface area (Å²) in [6, 6.07) is 13.5. The second-order valence-electron chi connectivity index (χ2n) is 7.44. The summed E-state index contributed by atoms with van der Waals surface area (Å²) in [6.45, 7) is 5.16. The minimum Gasteiger partial charge on any atom is -0.341 e. The van der Waals surface area contributed by atoms with Crippen molar-refractivity contribution in [1.29, 1.82) is 0 Å². The molecule has 2 heterocycles. The Morgan fingerprint density at radius 2 is 1.83 bits per heavy atom. The van der Waals surface area contributed by atoms with E-state index < -0.39 is 0 Å². The minimum absolute atomic E-state index is 0. The lowest BCUT2D eigenvalue weighted by Gasteiger charge is -2.29. The average molecular weight is 436 g/mol. The molecule has 0 unspecified atom stereocenters. The Balaban J connectivity index is 0.00000210. The SMILES string of the molecule is CN(CC(C)(C)CN)C(=O)c1cn(-c2ccccc2)nc1-c1cccnc1.Cl.Cl. The van der Waals surface area contributed by atoms with Crippen LogP contribution in [0.2, 0.25) is 0 Å². The molecule has 2 N–H and O–H groups in total. The first-order chi connectivity index (χ1) is 12.9. The Hall–Kier alpha value is -2.41. The Morgan fingerprint density at radius 1 is 1.14 bits per heavy atom. The quantitative estimate of drug-likeness (QED) is 0.637. The number of halogens is 2. The molecule has 29 heavy (non-hydrogen) atoms. The van der Waals surface area contributed by atoms with Crippen LogP contribution >= 0.6 is 24.8 Å². The number of pyridine rings is 1. The molecule has 156 valence electrons. The van der Waals surface area contributed by atoms with Crippen LogP contribution in [0.3, 0.4) is 0 Å². The molecule has 0 saturated heterocycles. The summed E-state index contributed by atoms with van der Waals surface area (Å²) in [6.07, 6.45) is 5.21. The van der Waals surface area contributed by atoms with Gasteiger partial charge in [-0.1, -0.05) is 32.0 Å². The van der Waals surface area contributed by atoms with Gasteiger partial charge >= 0.3 is 0 Å². The fraction of sp³-hybridized carbons (Fsp3) is 0.286. The van der Waals surface area contributed by atoms with Crippen molar-refractivity contribution in [2.24, 2.45) is 11.1 Å². The van der Waals surface area contributed by atoms with Crippen LogP contribution in [-0.2, 0) is 0 Å². The number of hydrogen-bond donors (Lipinski definition) is 1. The molecule has 3 aromatic rings. The molecule has 0 bridgehead atoms. The molecule has 0 aliphatic carbocycles. The van der Waals surface area contributed by atoms with E-state index in [0.29, 0.717) is 24.3 Å².